The molecule has 0 radical (unpaired) electrons. The molecule has 0 bridgehead atoms. The molecular weight excluding hydrogens is 235 g/mol. The fourth-order valence-electron chi connectivity index (χ4n) is 1.48. The van der Waals surface area contributed by atoms with Crippen molar-refractivity contribution in [2.45, 2.75) is 6.42 Å². The molecule has 7 heteroatoms. The molecule has 2 aromatic rings. The van der Waals surface area contributed by atoms with Crippen LogP contribution in [0.3, 0.4) is 0 Å². The van der Waals surface area contributed by atoms with Gasteiger partial charge in [0.1, 0.15) is 5.82 Å². The lowest BCUT2D eigenvalue weighted by Crippen LogP contribution is -2.16. The van der Waals surface area contributed by atoms with Gasteiger partial charge >= 0.3 is 0 Å². The average molecular weight is 250 g/mol. The topological polar surface area (TPSA) is 69.7 Å². The van der Waals surface area contributed by atoms with E-state index in [0.717, 1.165) is 18.4 Å². The third-order valence-electron chi connectivity index (χ3n) is 2.35. The first kappa shape index (κ1) is 12.3. The Bertz CT molecular complexity index is 496. The summed E-state index contributed by atoms with van der Waals surface area (Å²) in [6.07, 6.45) is 5.37. The van der Waals surface area contributed by atoms with Gasteiger partial charge in [-0.1, -0.05) is 0 Å². The summed E-state index contributed by atoms with van der Waals surface area (Å²) in [5.74, 6) is 1.13. The predicted molar refractivity (Wildman–Crippen MR) is 67.1 cm³/mol. The zero-order chi connectivity index (χ0) is 13.0. The minimum atomic E-state index is -0.434. The van der Waals surface area contributed by atoms with Crippen LogP contribution in [0, 0.1) is 5.82 Å². The van der Waals surface area contributed by atoms with Gasteiger partial charge in [0, 0.05) is 39.5 Å². The molecule has 0 aromatic carbocycles. The third kappa shape index (κ3) is 2.93. The average Bonchev–Trinajstić information content (AvgIpc) is 2.84. The van der Waals surface area contributed by atoms with Crippen LogP contribution in [0.2, 0.25) is 0 Å². The zero-order valence-electron chi connectivity index (χ0n) is 10.3. The number of imidazole rings is 1. The van der Waals surface area contributed by atoms with Crippen molar-refractivity contribution >= 4 is 11.8 Å². The number of aromatic amines is 1. The standard InChI is InChI=1S/C11H15FN6/c1-18(2)10-8(12)7-16-11(17-10)15-4-3-9-13-5-6-14-9/h5-7H,3-4H2,1-2H3,(H,13,14)(H,15,16,17). The quantitative estimate of drug-likeness (QED) is 0.830. The Morgan fingerprint density at radius 1 is 1.39 bits per heavy atom. The van der Waals surface area contributed by atoms with Crippen LogP contribution in [0.15, 0.2) is 18.6 Å². The molecule has 0 spiro atoms. The Balaban J connectivity index is 1.95. The van der Waals surface area contributed by atoms with Gasteiger partial charge in [0.05, 0.1) is 6.20 Å². The molecule has 2 rings (SSSR count). The monoisotopic (exact) mass is 250 g/mol. The van der Waals surface area contributed by atoms with Crippen LogP contribution in [0.5, 0.6) is 0 Å². The van der Waals surface area contributed by atoms with Gasteiger partial charge in [0.25, 0.3) is 0 Å². The van der Waals surface area contributed by atoms with Crippen molar-refractivity contribution in [2.75, 3.05) is 30.9 Å². The van der Waals surface area contributed by atoms with Crippen LogP contribution in [0.4, 0.5) is 16.2 Å². The molecule has 2 heterocycles. The first-order valence-corrected chi connectivity index (χ1v) is 5.59. The lowest BCUT2D eigenvalue weighted by Gasteiger charge is -2.13. The maximum Gasteiger partial charge on any atom is 0.224 e. The molecule has 18 heavy (non-hydrogen) atoms. The molecule has 0 amide bonds. The number of nitrogens with one attached hydrogen (secondary N) is 2. The second-order valence-electron chi connectivity index (χ2n) is 3.97. The number of H-pyrrole nitrogens is 1. The Labute approximate surface area is 104 Å². The van der Waals surface area contributed by atoms with Gasteiger partial charge in [-0.05, 0) is 0 Å². The highest BCUT2D eigenvalue weighted by atomic mass is 19.1. The molecule has 0 fully saturated rings. The van der Waals surface area contributed by atoms with E-state index in [-0.39, 0.29) is 5.82 Å². The molecular formula is C11H15FN6. The Morgan fingerprint density at radius 3 is 2.89 bits per heavy atom. The fraction of sp³-hybridized carbons (Fsp3) is 0.364. The van der Waals surface area contributed by atoms with Crippen molar-refractivity contribution in [2.24, 2.45) is 0 Å². The second-order valence-corrected chi connectivity index (χ2v) is 3.97. The summed E-state index contributed by atoms with van der Waals surface area (Å²) in [7, 11) is 3.47. The van der Waals surface area contributed by atoms with Gasteiger partial charge < -0.3 is 15.2 Å². The van der Waals surface area contributed by atoms with E-state index in [9.17, 15) is 4.39 Å². The van der Waals surface area contributed by atoms with E-state index in [1.165, 1.54) is 0 Å². The third-order valence-corrected chi connectivity index (χ3v) is 2.35. The molecule has 0 saturated heterocycles. The van der Waals surface area contributed by atoms with E-state index in [0.29, 0.717) is 12.5 Å². The van der Waals surface area contributed by atoms with E-state index in [1.807, 2.05) is 0 Å². The summed E-state index contributed by atoms with van der Waals surface area (Å²) in [6.45, 7) is 0.631. The molecule has 2 aromatic heterocycles. The van der Waals surface area contributed by atoms with Crippen molar-refractivity contribution in [3.05, 3.63) is 30.2 Å². The molecule has 0 unspecified atom stereocenters. The molecule has 0 atom stereocenters. The highest BCUT2D eigenvalue weighted by Crippen LogP contribution is 2.14. The second kappa shape index (κ2) is 5.44. The van der Waals surface area contributed by atoms with Crippen molar-refractivity contribution < 1.29 is 4.39 Å². The van der Waals surface area contributed by atoms with Crippen LogP contribution in [0.1, 0.15) is 5.82 Å². The summed E-state index contributed by atoms with van der Waals surface area (Å²) < 4.78 is 13.4. The minimum Gasteiger partial charge on any atom is -0.360 e. The SMILES string of the molecule is CN(C)c1nc(NCCc2ncc[nH]2)ncc1F. The first-order valence-electron chi connectivity index (χ1n) is 5.59. The van der Waals surface area contributed by atoms with Crippen molar-refractivity contribution in [1.82, 2.24) is 19.9 Å². The van der Waals surface area contributed by atoms with E-state index in [2.05, 4.69) is 25.3 Å². The lowest BCUT2D eigenvalue weighted by molar-refractivity contribution is 0.612. The van der Waals surface area contributed by atoms with E-state index in [1.54, 1.807) is 31.4 Å². The zero-order valence-corrected chi connectivity index (χ0v) is 10.3. The number of aromatic nitrogens is 4. The van der Waals surface area contributed by atoms with E-state index < -0.39 is 5.82 Å². The number of hydrogen-bond donors (Lipinski definition) is 2. The molecule has 0 aliphatic carbocycles. The summed E-state index contributed by atoms with van der Waals surface area (Å²) in [5, 5.41) is 3.03. The maximum absolute atomic E-state index is 13.4. The first-order chi connectivity index (χ1) is 8.66. The molecule has 6 nitrogen and oxygen atoms in total. The van der Waals surface area contributed by atoms with Gasteiger partial charge in [-0.15, -0.1) is 0 Å². The Hall–Kier alpha value is -2.18. The van der Waals surface area contributed by atoms with Gasteiger partial charge in [-0.25, -0.2) is 14.4 Å². The van der Waals surface area contributed by atoms with Crippen molar-refractivity contribution in [3.8, 4) is 0 Å². The van der Waals surface area contributed by atoms with Crippen LogP contribution in [-0.4, -0.2) is 40.6 Å². The van der Waals surface area contributed by atoms with Crippen LogP contribution < -0.4 is 10.2 Å². The molecule has 2 N–H and O–H groups in total. The summed E-state index contributed by atoms with van der Waals surface area (Å²) in [5.41, 5.74) is 0. The molecule has 0 aliphatic heterocycles. The largest absolute Gasteiger partial charge is 0.360 e. The highest BCUT2D eigenvalue weighted by molar-refractivity contribution is 5.42. The minimum absolute atomic E-state index is 0.269. The van der Waals surface area contributed by atoms with E-state index >= 15 is 0 Å². The van der Waals surface area contributed by atoms with Gasteiger partial charge in [-0.2, -0.15) is 4.98 Å². The number of hydrogen-bond acceptors (Lipinski definition) is 5. The fourth-order valence-corrected chi connectivity index (χ4v) is 1.48. The van der Waals surface area contributed by atoms with Crippen LogP contribution in [0.25, 0.3) is 0 Å². The van der Waals surface area contributed by atoms with Crippen molar-refractivity contribution in [3.63, 3.8) is 0 Å². The number of rotatable bonds is 5. The molecule has 96 valence electrons. The molecule has 0 saturated carbocycles. The predicted octanol–water partition coefficient (Wildman–Crippen LogP) is 1.06. The number of nitrogens with zero attached hydrogens (tertiary/aromatic N) is 4. The Kier molecular flexibility index (Phi) is 3.71. The normalized spacial score (nSPS) is 10.4. The Morgan fingerprint density at radius 2 is 2.22 bits per heavy atom. The van der Waals surface area contributed by atoms with Crippen LogP contribution in [-0.2, 0) is 6.42 Å². The molecule has 0 aliphatic rings. The summed E-state index contributed by atoms with van der Waals surface area (Å²) in [6, 6.07) is 0. The highest BCUT2D eigenvalue weighted by Gasteiger charge is 2.08. The van der Waals surface area contributed by atoms with E-state index in [4.69, 9.17) is 0 Å². The number of anilines is 2. The summed E-state index contributed by atoms with van der Waals surface area (Å²) >= 11 is 0. The van der Waals surface area contributed by atoms with Gasteiger partial charge in [-0.3, -0.25) is 0 Å². The summed E-state index contributed by atoms with van der Waals surface area (Å²) in [4.78, 5) is 16.7. The maximum atomic E-state index is 13.4. The van der Waals surface area contributed by atoms with Gasteiger partial charge in [0.15, 0.2) is 11.6 Å². The van der Waals surface area contributed by atoms with Crippen molar-refractivity contribution in [1.29, 1.82) is 0 Å². The van der Waals surface area contributed by atoms with Crippen LogP contribution >= 0.6 is 0 Å². The van der Waals surface area contributed by atoms with Gasteiger partial charge in [0.2, 0.25) is 5.95 Å². The number of halogens is 1. The lowest BCUT2D eigenvalue weighted by atomic mass is 10.4. The smallest absolute Gasteiger partial charge is 0.224 e.